The SMILES string of the molecule is CCn1c(-c2nonc2N)nc2c(Cl)nc(OCC(CCc3ccccc3)CN(C(=O)OC(C)(C)C)C(=O)OC(C)(C)C)cc21. The maximum absolute atomic E-state index is 13.3. The summed E-state index contributed by atoms with van der Waals surface area (Å²) in [5, 5.41) is 7.65. The molecule has 14 heteroatoms. The number of carbonyl (C=O) groups excluding carboxylic acids is 2. The van der Waals surface area contributed by atoms with Gasteiger partial charge in [-0.3, -0.25) is 0 Å². The Morgan fingerprint density at radius 2 is 1.67 bits per heavy atom. The summed E-state index contributed by atoms with van der Waals surface area (Å²) >= 11 is 6.56. The largest absolute Gasteiger partial charge is 0.477 e. The molecule has 242 valence electrons. The lowest BCUT2D eigenvalue weighted by atomic mass is 9.99. The molecule has 4 aromatic rings. The lowest BCUT2D eigenvalue weighted by Gasteiger charge is -2.30. The number of nitrogens with zero attached hydrogens (tertiary/aromatic N) is 6. The van der Waals surface area contributed by atoms with Crippen molar-refractivity contribution in [2.45, 2.75) is 79.1 Å². The number of pyridine rings is 1. The topological polar surface area (TPSA) is 161 Å². The second-order valence-corrected chi connectivity index (χ2v) is 12.9. The summed E-state index contributed by atoms with van der Waals surface area (Å²) in [6.07, 6.45) is -0.343. The first-order chi connectivity index (χ1) is 21.1. The molecule has 4 rings (SSSR count). The molecule has 0 spiro atoms. The van der Waals surface area contributed by atoms with E-state index in [0.29, 0.717) is 36.2 Å². The Bertz CT molecular complexity index is 1600. The van der Waals surface area contributed by atoms with E-state index >= 15 is 0 Å². The summed E-state index contributed by atoms with van der Waals surface area (Å²) in [6.45, 7) is 13.0. The third-order valence-corrected chi connectivity index (χ3v) is 6.80. The summed E-state index contributed by atoms with van der Waals surface area (Å²) in [5.74, 6) is 0.444. The summed E-state index contributed by atoms with van der Waals surface area (Å²) in [4.78, 5) is 36.5. The number of nitrogen functional groups attached to an aromatic ring is 1. The van der Waals surface area contributed by atoms with Gasteiger partial charge < -0.3 is 24.5 Å². The molecular formula is C31H40ClN7O6. The molecule has 0 aliphatic rings. The predicted octanol–water partition coefficient (Wildman–Crippen LogP) is 6.54. The highest BCUT2D eigenvalue weighted by atomic mass is 35.5. The second kappa shape index (κ2) is 13.7. The number of amides is 2. The molecule has 0 radical (unpaired) electrons. The molecule has 0 aliphatic heterocycles. The van der Waals surface area contributed by atoms with E-state index in [4.69, 9.17) is 36.2 Å². The first-order valence-corrected chi connectivity index (χ1v) is 15.1. The Hall–Kier alpha value is -4.39. The number of fused-ring (bicyclic) bond motifs is 1. The monoisotopic (exact) mass is 641 g/mol. The van der Waals surface area contributed by atoms with Crippen molar-refractivity contribution >= 4 is 40.6 Å². The van der Waals surface area contributed by atoms with Gasteiger partial charge in [0.1, 0.15) is 16.7 Å². The highest BCUT2D eigenvalue weighted by molar-refractivity contribution is 6.33. The van der Waals surface area contributed by atoms with Crippen LogP contribution in [0.5, 0.6) is 5.88 Å². The number of hydrogen-bond donors (Lipinski definition) is 1. The molecule has 3 heterocycles. The number of halogens is 1. The van der Waals surface area contributed by atoms with Crippen molar-refractivity contribution in [2.24, 2.45) is 5.92 Å². The van der Waals surface area contributed by atoms with Gasteiger partial charge in [-0.25, -0.2) is 24.1 Å². The molecular weight excluding hydrogens is 602 g/mol. The van der Waals surface area contributed by atoms with Gasteiger partial charge in [-0.15, -0.1) is 0 Å². The van der Waals surface area contributed by atoms with Gasteiger partial charge in [-0.2, -0.15) is 4.98 Å². The van der Waals surface area contributed by atoms with Crippen LogP contribution in [0.1, 0.15) is 60.5 Å². The Labute approximate surface area is 266 Å². The molecule has 0 bridgehead atoms. The number of ether oxygens (including phenoxy) is 3. The molecule has 2 N–H and O–H groups in total. The molecule has 1 atom stereocenters. The molecule has 0 saturated heterocycles. The standard InChI is InChI=1S/C31H40ClN7O6/c1-8-38-21-16-22(34-25(32)23(21)35-27(38)24-26(33)37-45-36-24)42-18-20(15-14-19-12-10-9-11-13-19)17-39(28(40)43-30(2,3)4)29(41)44-31(5,6)7/h9-13,16,20H,8,14-15,17-18H2,1-7H3,(H2,33,37). The van der Waals surface area contributed by atoms with Crippen molar-refractivity contribution in [3.63, 3.8) is 0 Å². The van der Waals surface area contributed by atoms with Gasteiger partial charge in [0.2, 0.25) is 5.88 Å². The van der Waals surface area contributed by atoms with Crippen LogP contribution in [0.15, 0.2) is 41.0 Å². The number of rotatable bonds is 10. The number of hydrogen-bond acceptors (Lipinski definition) is 11. The molecule has 0 saturated carbocycles. The van der Waals surface area contributed by atoms with E-state index in [1.54, 1.807) is 47.6 Å². The molecule has 1 aromatic carbocycles. The van der Waals surface area contributed by atoms with Gasteiger partial charge in [-0.1, -0.05) is 41.9 Å². The van der Waals surface area contributed by atoms with E-state index in [9.17, 15) is 9.59 Å². The van der Waals surface area contributed by atoms with Crippen LogP contribution in [-0.2, 0) is 22.4 Å². The Morgan fingerprint density at radius 3 is 2.22 bits per heavy atom. The van der Waals surface area contributed by atoms with Crippen LogP contribution < -0.4 is 10.5 Å². The fourth-order valence-corrected chi connectivity index (χ4v) is 4.77. The average molecular weight is 642 g/mol. The molecule has 1 unspecified atom stereocenters. The second-order valence-electron chi connectivity index (χ2n) is 12.6. The van der Waals surface area contributed by atoms with Crippen molar-refractivity contribution in [3.05, 3.63) is 47.1 Å². The van der Waals surface area contributed by atoms with Crippen molar-refractivity contribution < 1.29 is 28.4 Å². The van der Waals surface area contributed by atoms with Gasteiger partial charge in [-0.05, 0) is 77.2 Å². The van der Waals surface area contributed by atoms with E-state index in [1.165, 1.54) is 0 Å². The summed E-state index contributed by atoms with van der Waals surface area (Å²) in [5.41, 5.74) is 6.75. The number of carbonyl (C=O) groups is 2. The number of benzene rings is 1. The van der Waals surface area contributed by atoms with Crippen LogP contribution >= 0.6 is 11.6 Å². The van der Waals surface area contributed by atoms with Crippen LogP contribution in [0.3, 0.4) is 0 Å². The van der Waals surface area contributed by atoms with Crippen LogP contribution in [0.25, 0.3) is 22.6 Å². The Balaban J connectivity index is 1.63. The fraction of sp³-hybridized carbons (Fsp3) is 0.484. The first-order valence-electron chi connectivity index (χ1n) is 14.7. The molecule has 2 amide bonds. The summed E-state index contributed by atoms with van der Waals surface area (Å²) in [6, 6.07) is 11.6. The van der Waals surface area contributed by atoms with Crippen LogP contribution in [0.2, 0.25) is 5.15 Å². The molecule has 13 nitrogen and oxygen atoms in total. The molecule has 3 aromatic heterocycles. The minimum Gasteiger partial charge on any atom is -0.477 e. The van der Waals surface area contributed by atoms with Crippen molar-refractivity contribution in [1.82, 2.24) is 29.7 Å². The molecule has 45 heavy (non-hydrogen) atoms. The number of aryl methyl sites for hydroxylation is 2. The normalized spacial score (nSPS) is 12.6. The fourth-order valence-electron chi connectivity index (χ4n) is 4.55. The lowest BCUT2D eigenvalue weighted by Crippen LogP contribution is -2.46. The average Bonchev–Trinajstić information content (AvgIpc) is 3.54. The van der Waals surface area contributed by atoms with E-state index in [1.807, 2.05) is 41.8 Å². The maximum Gasteiger partial charge on any atom is 0.419 e. The Kier molecular flexibility index (Phi) is 10.2. The van der Waals surface area contributed by atoms with Gasteiger partial charge >= 0.3 is 12.2 Å². The number of nitrogens with two attached hydrogens (primary N) is 1. The zero-order valence-electron chi connectivity index (χ0n) is 26.7. The third kappa shape index (κ3) is 8.84. The summed E-state index contributed by atoms with van der Waals surface area (Å²) in [7, 11) is 0. The third-order valence-electron chi connectivity index (χ3n) is 6.53. The number of imidazole rings is 1. The van der Waals surface area contributed by atoms with E-state index in [0.717, 1.165) is 10.5 Å². The van der Waals surface area contributed by atoms with E-state index in [-0.39, 0.29) is 41.6 Å². The number of imide groups is 1. The van der Waals surface area contributed by atoms with E-state index < -0.39 is 23.4 Å². The zero-order chi connectivity index (χ0) is 32.9. The van der Waals surface area contributed by atoms with Gasteiger partial charge in [0.15, 0.2) is 22.5 Å². The van der Waals surface area contributed by atoms with Gasteiger partial charge in [0.25, 0.3) is 0 Å². The maximum atomic E-state index is 13.3. The Morgan fingerprint density at radius 1 is 1.02 bits per heavy atom. The highest BCUT2D eigenvalue weighted by Crippen LogP contribution is 2.32. The highest BCUT2D eigenvalue weighted by Gasteiger charge is 2.33. The van der Waals surface area contributed by atoms with Crippen molar-refractivity contribution in [3.8, 4) is 17.4 Å². The van der Waals surface area contributed by atoms with Gasteiger partial charge in [0, 0.05) is 25.1 Å². The smallest absolute Gasteiger partial charge is 0.419 e. The number of anilines is 1. The van der Waals surface area contributed by atoms with Crippen LogP contribution in [0.4, 0.5) is 15.4 Å². The predicted molar refractivity (Wildman–Crippen MR) is 169 cm³/mol. The number of aromatic nitrogens is 5. The van der Waals surface area contributed by atoms with Crippen LogP contribution in [-0.4, -0.2) is 66.3 Å². The lowest BCUT2D eigenvalue weighted by molar-refractivity contribution is -0.00299. The van der Waals surface area contributed by atoms with Crippen molar-refractivity contribution in [2.75, 3.05) is 18.9 Å². The quantitative estimate of drug-likeness (QED) is 0.187. The van der Waals surface area contributed by atoms with Gasteiger partial charge in [0.05, 0.1) is 12.1 Å². The molecule has 0 aliphatic carbocycles. The van der Waals surface area contributed by atoms with E-state index in [2.05, 4.69) is 20.3 Å². The minimum atomic E-state index is -0.822. The summed E-state index contributed by atoms with van der Waals surface area (Å²) < 4.78 is 24.0. The van der Waals surface area contributed by atoms with Crippen molar-refractivity contribution in [1.29, 1.82) is 0 Å². The molecule has 0 fully saturated rings. The zero-order valence-corrected chi connectivity index (χ0v) is 27.4. The van der Waals surface area contributed by atoms with Crippen LogP contribution in [0, 0.1) is 5.92 Å². The minimum absolute atomic E-state index is 0.0118. The first kappa shape index (κ1) is 33.5.